The molecule has 0 radical (unpaired) electrons. The molecule has 2 aromatic heterocycles. The van der Waals surface area contributed by atoms with Crippen molar-refractivity contribution in [3.8, 4) is 5.75 Å². The van der Waals surface area contributed by atoms with Gasteiger partial charge in [0, 0.05) is 44.0 Å². The molecule has 1 aromatic carbocycles. The molecule has 1 saturated heterocycles. The van der Waals surface area contributed by atoms with Crippen LogP contribution < -0.4 is 15.0 Å². The Balaban J connectivity index is 1.30. The van der Waals surface area contributed by atoms with Crippen molar-refractivity contribution in [2.24, 2.45) is 0 Å². The number of carbonyl (C=O) groups is 2. The Labute approximate surface area is 183 Å². The third-order valence-corrected chi connectivity index (χ3v) is 5.74. The number of hydrogen-bond donors (Lipinski definition) is 1. The Morgan fingerprint density at radius 3 is 2.58 bits per heavy atom. The molecule has 1 fully saturated rings. The molecule has 0 spiro atoms. The number of aromatic nitrogens is 3. The highest BCUT2D eigenvalue weighted by molar-refractivity contribution is 7.14. The molecular formula is C21H22N6O3S. The van der Waals surface area contributed by atoms with E-state index in [1.54, 1.807) is 18.6 Å². The van der Waals surface area contributed by atoms with Crippen LogP contribution in [0.25, 0.3) is 0 Å². The van der Waals surface area contributed by atoms with Crippen LogP contribution in [0, 0.1) is 0 Å². The summed E-state index contributed by atoms with van der Waals surface area (Å²) in [5, 5.41) is 4.87. The lowest BCUT2D eigenvalue weighted by molar-refractivity contribution is -0.130. The zero-order valence-corrected chi connectivity index (χ0v) is 17.8. The van der Waals surface area contributed by atoms with E-state index in [0.717, 1.165) is 24.5 Å². The maximum absolute atomic E-state index is 12.7. The van der Waals surface area contributed by atoms with Gasteiger partial charge in [-0.3, -0.25) is 14.9 Å². The van der Waals surface area contributed by atoms with E-state index in [2.05, 4.69) is 25.2 Å². The first kappa shape index (κ1) is 20.7. The van der Waals surface area contributed by atoms with Crippen molar-refractivity contribution in [3.63, 3.8) is 0 Å². The van der Waals surface area contributed by atoms with Crippen molar-refractivity contribution in [2.75, 3.05) is 43.5 Å². The fourth-order valence-corrected chi connectivity index (χ4v) is 4.07. The molecule has 0 bridgehead atoms. The second-order valence-electron chi connectivity index (χ2n) is 6.89. The highest BCUT2D eigenvalue weighted by Crippen LogP contribution is 2.28. The van der Waals surface area contributed by atoms with Crippen LogP contribution in [0.5, 0.6) is 5.75 Å². The van der Waals surface area contributed by atoms with Gasteiger partial charge in [0.05, 0.1) is 24.9 Å². The first-order chi connectivity index (χ1) is 15.1. The Hall–Kier alpha value is -3.53. The number of methoxy groups -OCH3 is 1. The van der Waals surface area contributed by atoms with Gasteiger partial charge in [0.15, 0.2) is 5.13 Å². The Kier molecular flexibility index (Phi) is 6.37. The van der Waals surface area contributed by atoms with E-state index >= 15 is 0 Å². The molecule has 0 unspecified atom stereocenters. The molecule has 2 amide bonds. The van der Waals surface area contributed by atoms with Gasteiger partial charge in [-0.25, -0.2) is 15.0 Å². The third-order valence-electron chi connectivity index (χ3n) is 4.93. The van der Waals surface area contributed by atoms with Crippen LogP contribution in [0.15, 0.2) is 48.1 Å². The summed E-state index contributed by atoms with van der Waals surface area (Å²) in [7, 11) is 1.66. The van der Waals surface area contributed by atoms with Crippen molar-refractivity contribution < 1.29 is 14.3 Å². The second kappa shape index (κ2) is 9.52. The average Bonchev–Trinajstić information content (AvgIpc) is 3.26. The first-order valence-corrected chi connectivity index (χ1v) is 10.7. The number of para-hydroxylation sites is 2. The van der Waals surface area contributed by atoms with Crippen LogP contribution in [-0.2, 0) is 11.2 Å². The van der Waals surface area contributed by atoms with E-state index in [-0.39, 0.29) is 18.2 Å². The zero-order chi connectivity index (χ0) is 21.6. The van der Waals surface area contributed by atoms with E-state index in [1.807, 2.05) is 29.2 Å². The molecule has 1 N–H and O–H groups in total. The van der Waals surface area contributed by atoms with Crippen molar-refractivity contribution in [2.45, 2.75) is 6.42 Å². The van der Waals surface area contributed by atoms with Crippen molar-refractivity contribution in [1.29, 1.82) is 0 Å². The summed E-state index contributed by atoms with van der Waals surface area (Å²) in [6.45, 7) is 2.75. The molecule has 31 heavy (non-hydrogen) atoms. The number of amides is 2. The van der Waals surface area contributed by atoms with Gasteiger partial charge in [-0.05, 0) is 18.2 Å². The van der Waals surface area contributed by atoms with E-state index in [1.165, 1.54) is 23.7 Å². The van der Waals surface area contributed by atoms with Crippen molar-refractivity contribution in [1.82, 2.24) is 19.9 Å². The first-order valence-electron chi connectivity index (χ1n) is 9.82. The number of nitrogens with zero attached hydrogens (tertiary/aromatic N) is 5. The largest absolute Gasteiger partial charge is 0.495 e. The van der Waals surface area contributed by atoms with Gasteiger partial charge >= 0.3 is 0 Å². The molecule has 0 saturated carbocycles. The monoisotopic (exact) mass is 438 g/mol. The normalized spacial score (nSPS) is 13.7. The van der Waals surface area contributed by atoms with Gasteiger partial charge in [0.1, 0.15) is 5.75 Å². The van der Waals surface area contributed by atoms with Gasteiger partial charge in [0.2, 0.25) is 11.7 Å². The van der Waals surface area contributed by atoms with Gasteiger partial charge in [-0.2, -0.15) is 0 Å². The van der Waals surface area contributed by atoms with Crippen LogP contribution in [0.2, 0.25) is 0 Å². The summed E-state index contributed by atoms with van der Waals surface area (Å²) in [5.74, 6) is 0.498. The van der Waals surface area contributed by atoms with Gasteiger partial charge < -0.3 is 14.5 Å². The predicted octanol–water partition coefficient (Wildman–Crippen LogP) is 2.09. The molecule has 1 aliphatic rings. The summed E-state index contributed by atoms with van der Waals surface area (Å²) in [4.78, 5) is 41.1. The quantitative estimate of drug-likeness (QED) is 0.629. The number of nitrogens with one attached hydrogen (secondary N) is 1. The van der Waals surface area contributed by atoms with E-state index in [9.17, 15) is 9.59 Å². The number of anilines is 2. The summed E-state index contributed by atoms with van der Waals surface area (Å²) in [5.41, 5.74) is 1.67. The number of benzene rings is 1. The number of carbonyl (C=O) groups excluding carboxylic acids is 2. The van der Waals surface area contributed by atoms with Crippen LogP contribution >= 0.6 is 11.3 Å². The summed E-state index contributed by atoms with van der Waals surface area (Å²) >= 11 is 1.27. The lowest BCUT2D eigenvalue weighted by Crippen LogP contribution is -2.49. The molecule has 3 heterocycles. The maximum atomic E-state index is 12.7. The topological polar surface area (TPSA) is 101 Å². The molecule has 3 aromatic rings. The SMILES string of the molecule is COc1ccccc1N1CCN(C(=O)Cc2csc(NC(=O)c3ncccn3)n2)CC1. The standard InChI is InChI=1S/C21H22N6O3S/c1-30-17-6-3-2-5-16(17)26-9-11-27(12-10-26)18(28)13-15-14-31-21(24-15)25-20(29)19-22-7-4-8-23-19/h2-8,14H,9-13H2,1H3,(H,24,25,29). The van der Waals surface area contributed by atoms with Crippen LogP contribution in [0.4, 0.5) is 10.8 Å². The summed E-state index contributed by atoms with van der Waals surface area (Å²) in [6, 6.07) is 9.54. The molecule has 160 valence electrons. The minimum absolute atomic E-state index is 0.0224. The lowest BCUT2D eigenvalue weighted by atomic mass is 10.2. The lowest BCUT2D eigenvalue weighted by Gasteiger charge is -2.36. The van der Waals surface area contributed by atoms with E-state index < -0.39 is 5.91 Å². The molecule has 4 rings (SSSR count). The number of hydrogen-bond acceptors (Lipinski definition) is 8. The smallest absolute Gasteiger partial charge is 0.295 e. The molecule has 10 heteroatoms. The van der Waals surface area contributed by atoms with Crippen molar-refractivity contribution in [3.05, 3.63) is 59.6 Å². The zero-order valence-electron chi connectivity index (χ0n) is 17.0. The summed E-state index contributed by atoms with van der Waals surface area (Å²) < 4.78 is 5.44. The molecule has 0 aliphatic carbocycles. The fraction of sp³-hybridized carbons (Fsp3) is 0.286. The molecule has 9 nitrogen and oxygen atoms in total. The summed E-state index contributed by atoms with van der Waals surface area (Å²) in [6.07, 6.45) is 3.20. The third kappa shape index (κ3) is 4.97. The number of rotatable bonds is 6. The predicted molar refractivity (Wildman–Crippen MR) is 118 cm³/mol. The number of piperazine rings is 1. The van der Waals surface area contributed by atoms with Gasteiger partial charge in [-0.1, -0.05) is 12.1 Å². The van der Waals surface area contributed by atoms with Gasteiger partial charge in [-0.15, -0.1) is 11.3 Å². The van der Waals surface area contributed by atoms with E-state index in [4.69, 9.17) is 4.74 Å². The fourth-order valence-electron chi connectivity index (χ4n) is 3.37. The van der Waals surface area contributed by atoms with Crippen LogP contribution in [-0.4, -0.2) is 65.0 Å². The Morgan fingerprint density at radius 1 is 1.10 bits per heavy atom. The molecule has 0 atom stereocenters. The molecule has 1 aliphatic heterocycles. The minimum Gasteiger partial charge on any atom is -0.495 e. The average molecular weight is 439 g/mol. The second-order valence-corrected chi connectivity index (χ2v) is 7.75. The Bertz CT molecular complexity index is 1050. The maximum Gasteiger partial charge on any atom is 0.295 e. The van der Waals surface area contributed by atoms with Gasteiger partial charge in [0.25, 0.3) is 5.91 Å². The Morgan fingerprint density at radius 2 is 1.84 bits per heavy atom. The number of ether oxygens (including phenoxy) is 1. The number of thiazole rings is 1. The highest BCUT2D eigenvalue weighted by atomic mass is 32.1. The van der Waals surface area contributed by atoms with Crippen LogP contribution in [0.1, 0.15) is 16.3 Å². The van der Waals surface area contributed by atoms with Crippen molar-refractivity contribution >= 4 is 34.0 Å². The molecular weight excluding hydrogens is 416 g/mol. The highest BCUT2D eigenvalue weighted by Gasteiger charge is 2.23. The minimum atomic E-state index is -0.430. The van der Waals surface area contributed by atoms with E-state index in [0.29, 0.717) is 23.9 Å². The van der Waals surface area contributed by atoms with Crippen LogP contribution in [0.3, 0.4) is 0 Å².